The molecule has 1 amide bonds. The smallest absolute Gasteiger partial charge is 0.337 e. The fourth-order valence-corrected chi connectivity index (χ4v) is 3.13. The van der Waals surface area contributed by atoms with Gasteiger partial charge in [0, 0.05) is 4.88 Å². The number of ether oxygens (including phenoxy) is 2. The molecule has 23 heavy (non-hydrogen) atoms. The van der Waals surface area contributed by atoms with Crippen molar-refractivity contribution in [3.05, 3.63) is 50.6 Å². The van der Waals surface area contributed by atoms with Gasteiger partial charge in [-0.2, -0.15) is 0 Å². The van der Waals surface area contributed by atoms with Crippen LogP contribution < -0.4 is 10.1 Å². The lowest BCUT2D eigenvalue weighted by atomic mass is 10.2. The van der Waals surface area contributed by atoms with E-state index in [-0.39, 0.29) is 18.6 Å². The van der Waals surface area contributed by atoms with Crippen molar-refractivity contribution in [2.45, 2.75) is 13.0 Å². The van der Waals surface area contributed by atoms with E-state index in [4.69, 9.17) is 4.74 Å². The van der Waals surface area contributed by atoms with Gasteiger partial charge in [-0.25, -0.2) is 4.79 Å². The second-order valence-electron chi connectivity index (χ2n) is 4.73. The second-order valence-corrected chi connectivity index (χ2v) is 6.56. The summed E-state index contributed by atoms with van der Waals surface area (Å²) < 4.78 is 10.7. The summed E-state index contributed by atoms with van der Waals surface area (Å²) in [5.74, 6) is -0.161. The molecule has 2 aromatic rings. The van der Waals surface area contributed by atoms with E-state index in [0.29, 0.717) is 15.8 Å². The highest BCUT2D eigenvalue weighted by Crippen LogP contribution is 2.26. The van der Waals surface area contributed by atoms with Crippen LogP contribution in [-0.4, -0.2) is 25.6 Å². The third kappa shape index (κ3) is 4.80. The molecule has 2 rings (SSSR count). The number of benzene rings is 1. The van der Waals surface area contributed by atoms with Crippen molar-refractivity contribution in [1.29, 1.82) is 0 Å². The molecule has 1 unspecified atom stereocenters. The van der Waals surface area contributed by atoms with Gasteiger partial charge in [-0.15, -0.1) is 11.3 Å². The SMILES string of the molecule is COC(=O)c1ccc(OCC(=O)NC(C)c2cccs2)c(Br)c1. The van der Waals surface area contributed by atoms with Gasteiger partial charge in [0.1, 0.15) is 5.75 Å². The predicted octanol–water partition coefficient (Wildman–Crippen LogP) is 3.55. The molecular weight excluding hydrogens is 382 g/mol. The minimum absolute atomic E-state index is 0.0590. The summed E-state index contributed by atoms with van der Waals surface area (Å²) in [5, 5.41) is 4.83. The lowest BCUT2D eigenvalue weighted by molar-refractivity contribution is -0.123. The molecule has 7 heteroatoms. The number of amides is 1. The van der Waals surface area contributed by atoms with E-state index in [1.807, 2.05) is 24.4 Å². The summed E-state index contributed by atoms with van der Waals surface area (Å²) >= 11 is 4.90. The number of carbonyl (C=O) groups is 2. The molecule has 122 valence electrons. The Kier molecular flexibility index (Phi) is 6.18. The standard InChI is InChI=1S/C16H16BrNO4S/c1-10(14-4-3-7-23-14)18-15(19)9-22-13-6-5-11(8-12(13)17)16(20)21-2/h3-8,10H,9H2,1-2H3,(H,18,19). The van der Waals surface area contributed by atoms with Crippen molar-refractivity contribution in [1.82, 2.24) is 5.32 Å². The topological polar surface area (TPSA) is 64.6 Å². The second kappa shape index (κ2) is 8.12. The zero-order valence-corrected chi connectivity index (χ0v) is 15.1. The van der Waals surface area contributed by atoms with Crippen LogP contribution in [0, 0.1) is 0 Å². The largest absolute Gasteiger partial charge is 0.483 e. The Balaban J connectivity index is 1.90. The van der Waals surface area contributed by atoms with Crippen LogP contribution in [0.2, 0.25) is 0 Å². The summed E-state index contributed by atoms with van der Waals surface area (Å²) in [6.07, 6.45) is 0. The molecule has 1 heterocycles. The third-order valence-corrected chi connectivity index (χ3v) is 4.73. The van der Waals surface area contributed by atoms with Crippen LogP contribution in [0.5, 0.6) is 5.75 Å². The maximum Gasteiger partial charge on any atom is 0.337 e. The molecule has 0 aliphatic rings. The van der Waals surface area contributed by atoms with Gasteiger partial charge < -0.3 is 14.8 Å². The van der Waals surface area contributed by atoms with Crippen molar-refractivity contribution in [2.24, 2.45) is 0 Å². The molecule has 0 saturated heterocycles. The molecule has 0 saturated carbocycles. The summed E-state index contributed by atoms with van der Waals surface area (Å²) in [7, 11) is 1.32. The maximum absolute atomic E-state index is 11.9. The normalized spacial score (nSPS) is 11.6. The lowest BCUT2D eigenvalue weighted by Gasteiger charge is -2.13. The fraction of sp³-hybridized carbons (Fsp3) is 0.250. The molecule has 0 spiro atoms. The highest BCUT2D eigenvalue weighted by molar-refractivity contribution is 9.10. The van der Waals surface area contributed by atoms with E-state index in [0.717, 1.165) is 4.88 Å². The Morgan fingerprint density at radius 3 is 2.74 bits per heavy atom. The number of halogens is 1. The van der Waals surface area contributed by atoms with Crippen LogP contribution in [-0.2, 0) is 9.53 Å². The lowest BCUT2D eigenvalue weighted by Crippen LogP contribution is -2.30. The van der Waals surface area contributed by atoms with Crippen LogP contribution >= 0.6 is 27.3 Å². The first-order valence-electron chi connectivity index (χ1n) is 6.84. The van der Waals surface area contributed by atoms with E-state index < -0.39 is 5.97 Å². The molecule has 1 atom stereocenters. The molecule has 5 nitrogen and oxygen atoms in total. The highest BCUT2D eigenvalue weighted by Gasteiger charge is 2.13. The Hall–Kier alpha value is -1.86. The van der Waals surface area contributed by atoms with E-state index >= 15 is 0 Å². The van der Waals surface area contributed by atoms with Crippen LogP contribution in [0.3, 0.4) is 0 Å². The minimum atomic E-state index is -0.431. The first-order valence-corrected chi connectivity index (χ1v) is 8.52. The van der Waals surface area contributed by atoms with E-state index in [1.54, 1.807) is 29.5 Å². The van der Waals surface area contributed by atoms with Gasteiger partial charge in [0.05, 0.1) is 23.2 Å². The van der Waals surface area contributed by atoms with Crippen LogP contribution in [0.4, 0.5) is 0 Å². The van der Waals surface area contributed by atoms with Crippen molar-refractivity contribution in [3.63, 3.8) is 0 Å². The quantitative estimate of drug-likeness (QED) is 0.756. The van der Waals surface area contributed by atoms with Crippen molar-refractivity contribution in [3.8, 4) is 5.75 Å². The van der Waals surface area contributed by atoms with Crippen LogP contribution in [0.15, 0.2) is 40.2 Å². The number of hydrogen-bond donors (Lipinski definition) is 1. The van der Waals surface area contributed by atoms with Gasteiger partial charge in [-0.1, -0.05) is 6.07 Å². The summed E-state index contributed by atoms with van der Waals surface area (Å²) in [5.41, 5.74) is 0.405. The number of methoxy groups -OCH3 is 1. The number of rotatable bonds is 6. The average Bonchev–Trinajstić information content (AvgIpc) is 3.07. The molecule has 0 aliphatic carbocycles. The number of esters is 1. The Labute approximate surface area is 146 Å². The molecule has 0 bridgehead atoms. The molecule has 0 aliphatic heterocycles. The first-order chi connectivity index (χ1) is 11.0. The zero-order valence-electron chi connectivity index (χ0n) is 12.7. The first kappa shape index (κ1) is 17.5. The summed E-state index contributed by atoms with van der Waals surface area (Å²) in [6.45, 7) is 1.82. The van der Waals surface area contributed by atoms with E-state index in [9.17, 15) is 9.59 Å². The van der Waals surface area contributed by atoms with Crippen molar-refractivity contribution in [2.75, 3.05) is 13.7 Å². The number of nitrogens with one attached hydrogen (secondary N) is 1. The van der Waals surface area contributed by atoms with Crippen LogP contribution in [0.25, 0.3) is 0 Å². The molecular formula is C16H16BrNO4S. The number of carbonyl (C=O) groups excluding carboxylic acids is 2. The third-order valence-electron chi connectivity index (χ3n) is 3.06. The van der Waals surface area contributed by atoms with Gasteiger partial charge in [-0.3, -0.25) is 4.79 Å². The number of thiophene rings is 1. The molecule has 1 aromatic carbocycles. The average molecular weight is 398 g/mol. The summed E-state index contributed by atoms with van der Waals surface area (Å²) in [6, 6.07) is 8.64. The number of hydrogen-bond acceptors (Lipinski definition) is 5. The Morgan fingerprint density at radius 2 is 2.13 bits per heavy atom. The Morgan fingerprint density at radius 1 is 1.35 bits per heavy atom. The molecule has 1 N–H and O–H groups in total. The van der Waals surface area contributed by atoms with Crippen LogP contribution in [0.1, 0.15) is 28.2 Å². The Bertz CT molecular complexity index is 687. The minimum Gasteiger partial charge on any atom is -0.483 e. The monoisotopic (exact) mass is 397 g/mol. The zero-order chi connectivity index (χ0) is 16.8. The molecule has 0 radical (unpaired) electrons. The van der Waals surface area contributed by atoms with Gasteiger partial charge in [0.15, 0.2) is 6.61 Å². The molecule has 0 fully saturated rings. The van der Waals surface area contributed by atoms with Crippen molar-refractivity contribution < 1.29 is 19.1 Å². The van der Waals surface area contributed by atoms with Gasteiger partial charge in [-0.05, 0) is 52.5 Å². The maximum atomic E-state index is 11.9. The summed E-state index contributed by atoms with van der Waals surface area (Å²) in [4.78, 5) is 24.4. The van der Waals surface area contributed by atoms with E-state index in [1.165, 1.54) is 7.11 Å². The van der Waals surface area contributed by atoms with Gasteiger partial charge >= 0.3 is 5.97 Å². The van der Waals surface area contributed by atoms with Gasteiger partial charge in [0.2, 0.25) is 0 Å². The highest BCUT2D eigenvalue weighted by atomic mass is 79.9. The van der Waals surface area contributed by atoms with Gasteiger partial charge in [0.25, 0.3) is 5.91 Å². The van der Waals surface area contributed by atoms with E-state index in [2.05, 4.69) is 26.0 Å². The predicted molar refractivity (Wildman–Crippen MR) is 91.9 cm³/mol. The fourth-order valence-electron chi connectivity index (χ4n) is 1.90. The molecule has 1 aromatic heterocycles. The van der Waals surface area contributed by atoms with Crippen molar-refractivity contribution >= 4 is 39.1 Å².